The number of unbranched alkanes of at least 4 members (excludes halogenated alkanes) is 2. The number of hydrogen-bond acceptors (Lipinski definition) is 1. The molecule has 0 aliphatic rings. The van der Waals surface area contributed by atoms with Gasteiger partial charge in [0.2, 0.25) is 0 Å². The molecule has 0 rings (SSSR count). The Bertz CT molecular complexity index is 62.3. The smallest absolute Gasteiger partial charge is 0.369 e. The lowest BCUT2D eigenvalue weighted by Gasteiger charge is -2.13. The van der Waals surface area contributed by atoms with Crippen LogP contribution in [0.4, 0.5) is 0 Å². The molecule has 0 fully saturated rings. The summed E-state index contributed by atoms with van der Waals surface area (Å²) in [5, 5.41) is 0. The summed E-state index contributed by atoms with van der Waals surface area (Å²) >= 11 is 2.35. The Kier molecular flexibility index (Phi) is 7.97. The molecule has 0 N–H and O–H groups in total. The van der Waals surface area contributed by atoms with Crippen molar-refractivity contribution in [2.24, 2.45) is 0 Å². The third kappa shape index (κ3) is 5.29. The van der Waals surface area contributed by atoms with Crippen molar-refractivity contribution in [2.75, 3.05) is 0 Å². The van der Waals surface area contributed by atoms with Crippen LogP contribution >= 0.6 is 0 Å². The average molecular weight is 156 g/mol. The zero-order valence-electron chi connectivity index (χ0n) is 7.10. The van der Waals surface area contributed by atoms with Gasteiger partial charge in [0, 0.05) is 6.10 Å². The molecular weight excluding hydrogens is 139 g/mol. The van der Waals surface area contributed by atoms with Crippen LogP contribution < -0.4 is 0 Å². The Morgan fingerprint density at radius 3 is 2.40 bits per heavy atom. The molecule has 0 amide bonds. The molecule has 0 aromatic rings. The molecule has 0 saturated carbocycles. The lowest BCUT2D eigenvalue weighted by molar-refractivity contribution is 0.200. The fraction of sp³-hybridized carbons (Fsp3) is 1.00. The Morgan fingerprint density at radius 1 is 1.30 bits per heavy atom. The highest BCUT2D eigenvalue weighted by molar-refractivity contribution is 5.98. The second-order valence-electron chi connectivity index (χ2n) is 2.66. The molecule has 0 aromatic heterocycles. The Morgan fingerprint density at radius 2 is 2.00 bits per heavy atom. The average Bonchev–Trinajstić information content (AvgIpc) is 1.99. The molecule has 0 bridgehead atoms. The minimum absolute atomic E-state index is 0.469. The van der Waals surface area contributed by atoms with E-state index in [4.69, 9.17) is 3.79 Å². The molecule has 0 aliphatic heterocycles. The van der Waals surface area contributed by atoms with Crippen molar-refractivity contribution in [1.29, 1.82) is 0 Å². The summed E-state index contributed by atoms with van der Waals surface area (Å²) < 4.78 is 5.16. The molecule has 1 unspecified atom stereocenters. The fourth-order valence-electron chi connectivity index (χ4n) is 0.990. The molecule has 0 aromatic carbocycles. The summed E-state index contributed by atoms with van der Waals surface area (Å²) in [7, 11) is 0. The zero-order valence-corrected chi connectivity index (χ0v) is 8.25. The third-order valence-corrected chi connectivity index (χ3v) is 2.16. The predicted molar refractivity (Wildman–Crippen MR) is 45.1 cm³/mol. The minimum atomic E-state index is 0.469. The molecule has 2 heteroatoms. The largest absolute Gasteiger partial charge is 0.514 e. The van der Waals surface area contributed by atoms with Crippen molar-refractivity contribution in [3.63, 3.8) is 0 Å². The van der Waals surface area contributed by atoms with Crippen molar-refractivity contribution >= 4 is 16.6 Å². The predicted octanol–water partition coefficient (Wildman–Crippen LogP) is 2.45. The van der Waals surface area contributed by atoms with E-state index in [-0.39, 0.29) is 0 Å². The van der Waals surface area contributed by atoms with Crippen LogP contribution in [0.3, 0.4) is 0 Å². The third-order valence-electron chi connectivity index (χ3n) is 1.78. The van der Waals surface area contributed by atoms with Crippen LogP contribution in [0.5, 0.6) is 0 Å². The summed E-state index contributed by atoms with van der Waals surface area (Å²) in [5.41, 5.74) is 0. The second-order valence-corrected chi connectivity index (χ2v) is 2.93. The molecular formula is C8H17AlO. The van der Waals surface area contributed by atoms with E-state index >= 15 is 0 Å². The maximum Gasteiger partial charge on any atom is 0.369 e. The highest BCUT2D eigenvalue weighted by Crippen LogP contribution is 2.07. The standard InChI is InChI=1S/C8H17O.Al/c1-3-5-6-7-8(9)4-2;/h8H,3-7H2,1-2H3;/q-1;+1. The van der Waals surface area contributed by atoms with E-state index in [0.717, 1.165) is 6.42 Å². The van der Waals surface area contributed by atoms with Gasteiger partial charge in [-0.05, 0) is 12.8 Å². The van der Waals surface area contributed by atoms with E-state index in [2.05, 4.69) is 30.5 Å². The van der Waals surface area contributed by atoms with Gasteiger partial charge in [-0.2, -0.15) is 0 Å². The lowest BCUT2D eigenvalue weighted by Crippen LogP contribution is -2.08. The van der Waals surface area contributed by atoms with Crippen LogP contribution in [0.25, 0.3) is 0 Å². The van der Waals surface area contributed by atoms with Crippen molar-refractivity contribution in [2.45, 2.75) is 52.1 Å². The van der Waals surface area contributed by atoms with E-state index in [0.29, 0.717) is 6.10 Å². The number of rotatable bonds is 6. The Labute approximate surface area is 72.9 Å². The van der Waals surface area contributed by atoms with Crippen molar-refractivity contribution in [1.82, 2.24) is 0 Å². The number of hydrogen-bond donors (Lipinski definition) is 0. The van der Waals surface area contributed by atoms with Gasteiger partial charge in [0.15, 0.2) is 0 Å². The Hall–Kier alpha value is 0.492. The molecule has 0 spiro atoms. The van der Waals surface area contributed by atoms with Gasteiger partial charge in [0.1, 0.15) is 0 Å². The quantitative estimate of drug-likeness (QED) is 0.424. The van der Waals surface area contributed by atoms with Crippen LogP contribution in [-0.2, 0) is 3.79 Å². The summed E-state index contributed by atoms with van der Waals surface area (Å²) in [4.78, 5) is 0. The minimum Gasteiger partial charge on any atom is -0.514 e. The van der Waals surface area contributed by atoms with Gasteiger partial charge < -0.3 is 3.79 Å². The van der Waals surface area contributed by atoms with Gasteiger partial charge >= 0.3 is 16.6 Å². The zero-order chi connectivity index (χ0) is 7.82. The SMILES string of the molecule is CCCCCC(CC)[O][Al]. The first-order chi connectivity index (χ1) is 4.85. The molecule has 1 atom stereocenters. The molecule has 1 nitrogen and oxygen atoms in total. The maximum absolute atomic E-state index is 5.16. The van der Waals surface area contributed by atoms with E-state index in [1.54, 1.807) is 0 Å². The summed E-state index contributed by atoms with van der Waals surface area (Å²) in [6.07, 6.45) is 6.76. The lowest BCUT2D eigenvalue weighted by atomic mass is 10.1. The van der Waals surface area contributed by atoms with Crippen LogP contribution in [-0.4, -0.2) is 22.7 Å². The van der Waals surface area contributed by atoms with E-state index in [1.807, 2.05) is 0 Å². The second kappa shape index (κ2) is 7.60. The first kappa shape index (κ1) is 10.5. The van der Waals surface area contributed by atoms with Crippen LogP contribution in [0.1, 0.15) is 46.0 Å². The van der Waals surface area contributed by atoms with Gasteiger partial charge in [0.05, 0.1) is 0 Å². The van der Waals surface area contributed by atoms with E-state index in [1.165, 1.54) is 25.7 Å². The van der Waals surface area contributed by atoms with Crippen LogP contribution in [0.2, 0.25) is 0 Å². The molecule has 0 saturated heterocycles. The highest BCUT2D eigenvalue weighted by atomic mass is 27.1. The summed E-state index contributed by atoms with van der Waals surface area (Å²) in [6.45, 7) is 4.39. The topological polar surface area (TPSA) is 9.23 Å². The summed E-state index contributed by atoms with van der Waals surface area (Å²) in [5.74, 6) is 0. The fourth-order valence-corrected chi connectivity index (χ4v) is 1.32. The van der Waals surface area contributed by atoms with Crippen molar-refractivity contribution in [3.8, 4) is 0 Å². The monoisotopic (exact) mass is 156 g/mol. The molecule has 10 heavy (non-hydrogen) atoms. The molecule has 0 heterocycles. The molecule has 0 aliphatic carbocycles. The normalized spacial score (nSPS) is 13.4. The Balaban J connectivity index is 3.09. The van der Waals surface area contributed by atoms with Gasteiger partial charge in [0.25, 0.3) is 0 Å². The van der Waals surface area contributed by atoms with Crippen molar-refractivity contribution in [3.05, 3.63) is 0 Å². The summed E-state index contributed by atoms with van der Waals surface area (Å²) in [6, 6.07) is 0. The molecule has 2 radical (unpaired) electrons. The highest BCUT2D eigenvalue weighted by Gasteiger charge is 2.00. The first-order valence-corrected chi connectivity index (χ1v) is 4.67. The van der Waals surface area contributed by atoms with Crippen LogP contribution in [0, 0.1) is 0 Å². The van der Waals surface area contributed by atoms with E-state index < -0.39 is 0 Å². The first-order valence-electron chi connectivity index (χ1n) is 4.20. The maximum atomic E-state index is 5.16. The molecule has 58 valence electrons. The van der Waals surface area contributed by atoms with E-state index in [9.17, 15) is 0 Å². The van der Waals surface area contributed by atoms with Gasteiger partial charge in [-0.3, -0.25) is 0 Å². The van der Waals surface area contributed by atoms with Gasteiger partial charge in [-0.1, -0.05) is 33.1 Å². The van der Waals surface area contributed by atoms with Crippen molar-refractivity contribution < 1.29 is 3.79 Å². The van der Waals surface area contributed by atoms with Crippen LogP contribution in [0.15, 0.2) is 0 Å². The van der Waals surface area contributed by atoms with Gasteiger partial charge in [-0.15, -0.1) is 0 Å². The van der Waals surface area contributed by atoms with Gasteiger partial charge in [-0.25, -0.2) is 0 Å².